The van der Waals surface area contributed by atoms with Gasteiger partial charge in [-0.25, -0.2) is 0 Å². The Bertz CT molecular complexity index is 562. The van der Waals surface area contributed by atoms with Gasteiger partial charge in [0.1, 0.15) is 0 Å². The van der Waals surface area contributed by atoms with Gasteiger partial charge in [0.2, 0.25) is 0 Å². The van der Waals surface area contributed by atoms with Gasteiger partial charge in [0, 0.05) is 10.6 Å². The molecule has 21 heavy (non-hydrogen) atoms. The van der Waals surface area contributed by atoms with Crippen molar-refractivity contribution in [1.29, 1.82) is 0 Å². The van der Waals surface area contributed by atoms with Gasteiger partial charge in [-0.3, -0.25) is 0 Å². The molecule has 0 aliphatic rings. The lowest BCUT2D eigenvalue weighted by atomic mass is 9.87. The molecule has 1 atom stereocenters. The number of aliphatic hydroxyl groups excluding tert-OH is 1. The Hall–Kier alpha value is -1.25. The van der Waals surface area contributed by atoms with Crippen LogP contribution in [-0.4, -0.2) is 5.11 Å². The summed E-state index contributed by atoms with van der Waals surface area (Å²) in [6, 6.07) is 17.0. The highest BCUT2D eigenvalue weighted by Gasteiger charge is 2.12. The number of hydrogen-bond donors (Lipinski definition) is 1. The summed E-state index contributed by atoms with van der Waals surface area (Å²) < 4.78 is 0. The van der Waals surface area contributed by atoms with Gasteiger partial charge in [-0.1, -0.05) is 57.2 Å². The van der Waals surface area contributed by atoms with E-state index in [0.717, 1.165) is 11.3 Å². The molecule has 0 bridgehead atoms. The third-order valence-electron chi connectivity index (χ3n) is 3.59. The molecule has 2 aromatic rings. The fraction of sp³-hybridized carbons (Fsp3) is 0.368. The molecule has 2 rings (SSSR count). The minimum Gasteiger partial charge on any atom is -0.389 e. The SMILES string of the molecule is CC(O)c1ccc(SCc2ccc(C(C)(C)C)cc2)cc1. The van der Waals surface area contributed by atoms with Crippen molar-refractivity contribution in [3.05, 3.63) is 65.2 Å². The highest BCUT2D eigenvalue weighted by Crippen LogP contribution is 2.26. The zero-order valence-corrected chi connectivity index (χ0v) is 14.1. The molecule has 0 amide bonds. The lowest BCUT2D eigenvalue weighted by Crippen LogP contribution is -2.10. The molecular formula is C19H24OS. The van der Waals surface area contributed by atoms with Gasteiger partial charge >= 0.3 is 0 Å². The molecule has 1 N–H and O–H groups in total. The Morgan fingerprint density at radius 2 is 1.52 bits per heavy atom. The lowest BCUT2D eigenvalue weighted by molar-refractivity contribution is 0.199. The van der Waals surface area contributed by atoms with Crippen molar-refractivity contribution >= 4 is 11.8 Å². The van der Waals surface area contributed by atoms with Crippen LogP contribution in [0.25, 0.3) is 0 Å². The van der Waals surface area contributed by atoms with Gasteiger partial charge in [0.15, 0.2) is 0 Å². The first-order valence-corrected chi connectivity index (χ1v) is 8.35. The van der Waals surface area contributed by atoms with E-state index < -0.39 is 6.10 Å². The third-order valence-corrected chi connectivity index (χ3v) is 4.67. The Morgan fingerprint density at radius 1 is 0.952 bits per heavy atom. The molecule has 0 aliphatic heterocycles. The average Bonchev–Trinajstić information content (AvgIpc) is 2.45. The van der Waals surface area contributed by atoms with E-state index in [1.807, 2.05) is 23.9 Å². The summed E-state index contributed by atoms with van der Waals surface area (Å²) in [5.74, 6) is 0.971. The van der Waals surface area contributed by atoms with Crippen molar-refractivity contribution in [3.63, 3.8) is 0 Å². The Balaban J connectivity index is 1.96. The second-order valence-corrected chi connectivity index (χ2v) is 7.53. The number of benzene rings is 2. The van der Waals surface area contributed by atoms with Crippen LogP contribution in [0.15, 0.2) is 53.4 Å². The highest BCUT2D eigenvalue weighted by molar-refractivity contribution is 7.98. The first-order chi connectivity index (χ1) is 9.86. The number of rotatable bonds is 4. The van der Waals surface area contributed by atoms with Crippen LogP contribution in [0.4, 0.5) is 0 Å². The summed E-state index contributed by atoms with van der Waals surface area (Å²) in [5.41, 5.74) is 3.89. The minimum atomic E-state index is -0.394. The van der Waals surface area contributed by atoms with Crippen molar-refractivity contribution < 1.29 is 5.11 Å². The second-order valence-electron chi connectivity index (χ2n) is 6.48. The van der Waals surface area contributed by atoms with E-state index in [1.54, 1.807) is 6.92 Å². The lowest BCUT2D eigenvalue weighted by Gasteiger charge is -2.19. The third kappa shape index (κ3) is 4.62. The fourth-order valence-electron chi connectivity index (χ4n) is 2.11. The number of hydrogen-bond acceptors (Lipinski definition) is 2. The monoisotopic (exact) mass is 300 g/mol. The summed E-state index contributed by atoms with van der Waals surface area (Å²) in [7, 11) is 0. The van der Waals surface area contributed by atoms with Gasteiger partial charge in [-0.05, 0) is 41.2 Å². The summed E-state index contributed by atoms with van der Waals surface area (Å²) in [5, 5.41) is 9.51. The van der Waals surface area contributed by atoms with Crippen molar-refractivity contribution in [1.82, 2.24) is 0 Å². The Labute approximate surface area is 132 Å². The first kappa shape index (κ1) is 16.1. The number of aliphatic hydroxyl groups is 1. The van der Waals surface area contributed by atoms with Crippen molar-refractivity contribution in [3.8, 4) is 0 Å². The Kier molecular flexibility index (Phi) is 5.13. The predicted octanol–water partition coefficient (Wildman–Crippen LogP) is 5.33. The summed E-state index contributed by atoms with van der Waals surface area (Å²) in [4.78, 5) is 1.24. The van der Waals surface area contributed by atoms with Crippen molar-refractivity contribution in [2.24, 2.45) is 0 Å². The van der Waals surface area contributed by atoms with Crippen LogP contribution < -0.4 is 0 Å². The van der Waals surface area contributed by atoms with Crippen LogP contribution in [0, 0.1) is 0 Å². The van der Waals surface area contributed by atoms with E-state index in [0.29, 0.717) is 0 Å². The van der Waals surface area contributed by atoms with E-state index in [2.05, 4.69) is 57.2 Å². The molecular weight excluding hydrogens is 276 g/mol. The van der Waals surface area contributed by atoms with E-state index in [9.17, 15) is 5.11 Å². The van der Waals surface area contributed by atoms with Gasteiger partial charge in [0.25, 0.3) is 0 Å². The standard InChI is InChI=1S/C19H24OS/c1-14(20)16-7-11-18(12-8-16)21-13-15-5-9-17(10-6-15)19(2,3)4/h5-12,14,20H,13H2,1-4H3. The largest absolute Gasteiger partial charge is 0.389 e. The van der Waals surface area contributed by atoms with Crippen molar-refractivity contribution in [2.75, 3.05) is 0 Å². The maximum Gasteiger partial charge on any atom is 0.0761 e. The molecule has 0 heterocycles. The van der Waals surface area contributed by atoms with Crippen LogP contribution >= 0.6 is 11.8 Å². The molecule has 2 heteroatoms. The molecule has 112 valence electrons. The maximum absolute atomic E-state index is 9.51. The summed E-state index contributed by atoms with van der Waals surface area (Å²) in [6.45, 7) is 8.50. The van der Waals surface area contributed by atoms with E-state index in [1.165, 1.54) is 16.0 Å². The van der Waals surface area contributed by atoms with Gasteiger partial charge in [0.05, 0.1) is 6.10 Å². The zero-order valence-electron chi connectivity index (χ0n) is 13.3. The van der Waals surface area contributed by atoms with Gasteiger partial charge in [-0.2, -0.15) is 0 Å². The minimum absolute atomic E-state index is 0.211. The molecule has 0 aromatic heterocycles. The van der Waals surface area contributed by atoms with E-state index in [4.69, 9.17) is 0 Å². The summed E-state index contributed by atoms with van der Waals surface area (Å²) >= 11 is 1.83. The van der Waals surface area contributed by atoms with Gasteiger partial charge in [-0.15, -0.1) is 11.8 Å². The molecule has 0 saturated carbocycles. The smallest absolute Gasteiger partial charge is 0.0761 e. The molecule has 0 spiro atoms. The molecule has 1 unspecified atom stereocenters. The molecule has 2 aromatic carbocycles. The van der Waals surface area contributed by atoms with E-state index >= 15 is 0 Å². The van der Waals surface area contributed by atoms with Gasteiger partial charge < -0.3 is 5.11 Å². The van der Waals surface area contributed by atoms with Crippen LogP contribution in [0.1, 0.15) is 50.5 Å². The van der Waals surface area contributed by atoms with Crippen LogP contribution in [0.2, 0.25) is 0 Å². The first-order valence-electron chi connectivity index (χ1n) is 7.36. The molecule has 0 aliphatic carbocycles. The fourth-order valence-corrected chi connectivity index (χ4v) is 2.96. The van der Waals surface area contributed by atoms with Crippen LogP contribution in [-0.2, 0) is 11.2 Å². The molecule has 0 radical (unpaired) electrons. The molecule has 0 saturated heterocycles. The maximum atomic E-state index is 9.51. The van der Waals surface area contributed by atoms with Crippen molar-refractivity contribution in [2.45, 2.75) is 49.9 Å². The highest BCUT2D eigenvalue weighted by atomic mass is 32.2. The number of thioether (sulfide) groups is 1. The average molecular weight is 300 g/mol. The quantitative estimate of drug-likeness (QED) is 0.770. The normalized spacial score (nSPS) is 13.2. The molecule has 1 nitrogen and oxygen atoms in total. The van der Waals surface area contributed by atoms with Crippen LogP contribution in [0.3, 0.4) is 0 Å². The predicted molar refractivity (Wildman–Crippen MR) is 91.8 cm³/mol. The zero-order chi connectivity index (χ0) is 15.5. The Morgan fingerprint density at radius 3 is 2.00 bits per heavy atom. The summed E-state index contributed by atoms with van der Waals surface area (Å²) in [6.07, 6.45) is -0.394. The molecule has 0 fully saturated rings. The topological polar surface area (TPSA) is 20.2 Å². The second kappa shape index (κ2) is 6.67. The van der Waals surface area contributed by atoms with E-state index in [-0.39, 0.29) is 5.41 Å². The van der Waals surface area contributed by atoms with Crippen LogP contribution in [0.5, 0.6) is 0 Å².